The lowest BCUT2D eigenvalue weighted by atomic mass is 10.1. The molecule has 140 valence electrons. The van der Waals surface area contributed by atoms with Gasteiger partial charge in [-0.05, 0) is 66.2 Å². The number of carbonyl (C=O) groups excluding carboxylic acids is 2. The van der Waals surface area contributed by atoms with E-state index in [0.29, 0.717) is 32.5 Å². The van der Waals surface area contributed by atoms with Crippen LogP contribution < -0.4 is 10.6 Å². The molecule has 0 saturated heterocycles. The standard InChI is InChI=1S/C22H16Cl2N2O2/c23-17-10-6-15(20(24)14-17)9-13-21(27)16-7-11-19(12-8-16)26-22(28)25-18-4-2-1-3-5-18/h1-14H,(H2,25,26,28)/b13-9+. The molecule has 2 N–H and O–H groups in total. The molecule has 4 nitrogen and oxygen atoms in total. The lowest BCUT2D eigenvalue weighted by molar-refractivity contribution is 0.104. The molecule has 6 heteroatoms. The summed E-state index contributed by atoms with van der Waals surface area (Å²) in [6.07, 6.45) is 3.08. The summed E-state index contributed by atoms with van der Waals surface area (Å²) in [5.74, 6) is -0.175. The normalized spacial score (nSPS) is 10.6. The quantitative estimate of drug-likeness (QED) is 0.370. The van der Waals surface area contributed by atoms with Gasteiger partial charge >= 0.3 is 6.03 Å². The molecule has 2 amide bonds. The Morgan fingerprint density at radius 2 is 1.43 bits per heavy atom. The molecule has 0 bridgehead atoms. The van der Waals surface area contributed by atoms with Crippen molar-refractivity contribution in [1.29, 1.82) is 0 Å². The van der Waals surface area contributed by atoms with E-state index in [2.05, 4.69) is 10.6 Å². The predicted octanol–water partition coefficient (Wildman–Crippen LogP) is 6.53. The molecule has 0 fully saturated rings. The van der Waals surface area contributed by atoms with Crippen molar-refractivity contribution in [3.63, 3.8) is 0 Å². The number of allylic oxidation sites excluding steroid dienone is 1. The van der Waals surface area contributed by atoms with Crippen molar-refractivity contribution in [2.75, 3.05) is 10.6 Å². The van der Waals surface area contributed by atoms with E-state index in [4.69, 9.17) is 23.2 Å². The second kappa shape index (κ2) is 9.22. The maximum absolute atomic E-state index is 12.3. The second-order valence-electron chi connectivity index (χ2n) is 5.89. The van der Waals surface area contributed by atoms with Crippen molar-refractivity contribution in [2.24, 2.45) is 0 Å². The molecular weight excluding hydrogens is 395 g/mol. The zero-order valence-electron chi connectivity index (χ0n) is 14.7. The lowest BCUT2D eigenvalue weighted by Crippen LogP contribution is -2.19. The largest absolute Gasteiger partial charge is 0.323 e. The van der Waals surface area contributed by atoms with Gasteiger partial charge in [0.2, 0.25) is 0 Å². The number of hydrogen-bond donors (Lipinski definition) is 2. The van der Waals surface area contributed by atoms with E-state index >= 15 is 0 Å². The summed E-state index contributed by atoms with van der Waals surface area (Å²) in [6.45, 7) is 0. The minimum absolute atomic E-state index is 0.175. The van der Waals surface area contributed by atoms with Crippen LogP contribution in [0.5, 0.6) is 0 Å². The summed E-state index contributed by atoms with van der Waals surface area (Å²) in [5.41, 5.74) is 2.47. The highest BCUT2D eigenvalue weighted by molar-refractivity contribution is 6.35. The van der Waals surface area contributed by atoms with Gasteiger partial charge < -0.3 is 10.6 Å². The average Bonchev–Trinajstić information content (AvgIpc) is 2.68. The van der Waals surface area contributed by atoms with E-state index in [9.17, 15) is 9.59 Å². The minimum atomic E-state index is -0.359. The van der Waals surface area contributed by atoms with Crippen LogP contribution in [0.25, 0.3) is 6.08 Å². The van der Waals surface area contributed by atoms with Gasteiger partial charge in [-0.3, -0.25) is 4.79 Å². The van der Waals surface area contributed by atoms with Gasteiger partial charge in [0.15, 0.2) is 5.78 Å². The highest BCUT2D eigenvalue weighted by Crippen LogP contribution is 2.22. The van der Waals surface area contributed by atoms with Crippen molar-refractivity contribution < 1.29 is 9.59 Å². The lowest BCUT2D eigenvalue weighted by Gasteiger charge is -2.07. The molecule has 0 spiro atoms. The molecule has 0 saturated carbocycles. The number of urea groups is 1. The summed E-state index contributed by atoms with van der Waals surface area (Å²) in [5, 5.41) is 6.45. The molecule has 28 heavy (non-hydrogen) atoms. The highest BCUT2D eigenvalue weighted by Gasteiger charge is 2.06. The maximum atomic E-state index is 12.3. The van der Waals surface area contributed by atoms with Crippen LogP contribution in [-0.2, 0) is 0 Å². The SMILES string of the molecule is O=C(Nc1ccccc1)Nc1ccc(C(=O)/C=C/c2ccc(Cl)cc2Cl)cc1. The Morgan fingerprint density at radius 1 is 0.786 bits per heavy atom. The zero-order valence-corrected chi connectivity index (χ0v) is 16.2. The fraction of sp³-hybridized carbons (Fsp3) is 0. The van der Waals surface area contributed by atoms with Crippen LogP contribution >= 0.6 is 23.2 Å². The Hall–Kier alpha value is -3.08. The summed E-state index contributed by atoms with van der Waals surface area (Å²) < 4.78 is 0. The van der Waals surface area contributed by atoms with Crippen molar-refractivity contribution in [1.82, 2.24) is 0 Å². The third kappa shape index (κ3) is 5.46. The fourth-order valence-electron chi connectivity index (χ4n) is 2.43. The van der Waals surface area contributed by atoms with Gasteiger partial charge in [0.05, 0.1) is 0 Å². The molecule has 0 aliphatic rings. The molecule has 0 heterocycles. The molecule has 0 aliphatic heterocycles. The number of ketones is 1. The number of nitrogens with one attached hydrogen (secondary N) is 2. The number of halogens is 2. The molecule has 3 rings (SSSR count). The molecule has 3 aromatic carbocycles. The fourth-order valence-corrected chi connectivity index (χ4v) is 2.90. The Labute approximate surface area is 172 Å². The van der Waals surface area contributed by atoms with E-state index in [1.54, 1.807) is 60.7 Å². The van der Waals surface area contributed by atoms with Gasteiger partial charge in [0, 0.05) is 27.0 Å². The van der Waals surface area contributed by atoms with Crippen LogP contribution in [-0.4, -0.2) is 11.8 Å². The molecule has 0 aliphatic carbocycles. The Morgan fingerprint density at radius 3 is 2.07 bits per heavy atom. The minimum Gasteiger partial charge on any atom is -0.308 e. The van der Waals surface area contributed by atoms with Gasteiger partial charge in [-0.15, -0.1) is 0 Å². The summed E-state index contributed by atoms with van der Waals surface area (Å²) >= 11 is 12.0. The van der Waals surface area contributed by atoms with E-state index in [-0.39, 0.29) is 11.8 Å². The number of carbonyl (C=O) groups is 2. The zero-order chi connectivity index (χ0) is 19.9. The van der Waals surface area contributed by atoms with E-state index in [1.165, 1.54) is 6.08 Å². The number of benzene rings is 3. The first-order valence-corrected chi connectivity index (χ1v) is 9.17. The van der Waals surface area contributed by atoms with Crippen LogP contribution in [0.3, 0.4) is 0 Å². The van der Waals surface area contributed by atoms with Crippen molar-refractivity contribution >= 4 is 52.5 Å². The van der Waals surface area contributed by atoms with Crippen LogP contribution in [0.4, 0.5) is 16.2 Å². The van der Waals surface area contributed by atoms with Gasteiger partial charge in [-0.25, -0.2) is 4.79 Å². The van der Waals surface area contributed by atoms with Gasteiger partial charge in [0.25, 0.3) is 0 Å². The summed E-state index contributed by atoms with van der Waals surface area (Å²) in [7, 11) is 0. The third-order valence-corrected chi connectivity index (χ3v) is 4.40. The van der Waals surface area contributed by atoms with Crippen molar-refractivity contribution in [3.05, 3.63) is 100 Å². The van der Waals surface area contributed by atoms with Gasteiger partial charge in [-0.1, -0.05) is 47.5 Å². The first-order valence-electron chi connectivity index (χ1n) is 8.42. The number of amides is 2. The molecular formula is C22H16Cl2N2O2. The Balaban J connectivity index is 1.61. The van der Waals surface area contributed by atoms with Crippen LogP contribution in [0, 0.1) is 0 Å². The second-order valence-corrected chi connectivity index (χ2v) is 6.73. The van der Waals surface area contributed by atoms with E-state index < -0.39 is 0 Å². The van der Waals surface area contributed by atoms with Gasteiger partial charge in [-0.2, -0.15) is 0 Å². The van der Waals surface area contributed by atoms with E-state index in [0.717, 1.165) is 0 Å². The number of hydrogen-bond acceptors (Lipinski definition) is 2. The smallest absolute Gasteiger partial charge is 0.308 e. The average molecular weight is 411 g/mol. The van der Waals surface area contributed by atoms with Crippen LogP contribution in [0.2, 0.25) is 10.0 Å². The number of rotatable bonds is 5. The molecule has 0 aromatic heterocycles. The topological polar surface area (TPSA) is 58.2 Å². The van der Waals surface area contributed by atoms with E-state index in [1.807, 2.05) is 18.2 Å². The molecule has 0 unspecified atom stereocenters. The molecule has 0 atom stereocenters. The highest BCUT2D eigenvalue weighted by atomic mass is 35.5. The third-order valence-electron chi connectivity index (χ3n) is 3.84. The predicted molar refractivity (Wildman–Crippen MR) is 115 cm³/mol. The van der Waals surface area contributed by atoms with Crippen LogP contribution in [0.1, 0.15) is 15.9 Å². The first kappa shape index (κ1) is 19.7. The van der Waals surface area contributed by atoms with Crippen molar-refractivity contribution in [2.45, 2.75) is 0 Å². The first-order chi connectivity index (χ1) is 13.5. The monoisotopic (exact) mass is 410 g/mol. The maximum Gasteiger partial charge on any atom is 0.323 e. The molecule has 3 aromatic rings. The Bertz CT molecular complexity index is 1020. The number of anilines is 2. The molecule has 0 radical (unpaired) electrons. The van der Waals surface area contributed by atoms with Gasteiger partial charge in [0.1, 0.15) is 0 Å². The van der Waals surface area contributed by atoms with Crippen molar-refractivity contribution in [3.8, 4) is 0 Å². The van der Waals surface area contributed by atoms with Crippen LogP contribution in [0.15, 0.2) is 78.9 Å². The summed E-state index contributed by atoms with van der Waals surface area (Å²) in [4.78, 5) is 24.3. The summed E-state index contributed by atoms with van der Waals surface area (Å²) in [6, 6.07) is 20.5. The number of para-hydroxylation sites is 1. The Kier molecular flexibility index (Phi) is 6.48.